The van der Waals surface area contributed by atoms with E-state index in [1.54, 1.807) is 4.90 Å². The van der Waals surface area contributed by atoms with E-state index in [-0.39, 0.29) is 11.6 Å². The molecular weight excluding hydrogens is 344 g/mol. The van der Waals surface area contributed by atoms with Crippen LogP contribution in [-0.2, 0) is 16.1 Å². The first-order chi connectivity index (χ1) is 13.0. The second kappa shape index (κ2) is 8.26. The summed E-state index contributed by atoms with van der Waals surface area (Å²) >= 11 is 0. The van der Waals surface area contributed by atoms with E-state index >= 15 is 0 Å². The quantitative estimate of drug-likeness (QED) is 0.482. The predicted molar refractivity (Wildman–Crippen MR) is 101 cm³/mol. The first kappa shape index (κ1) is 19.0. The van der Waals surface area contributed by atoms with Gasteiger partial charge in [0.2, 0.25) is 0 Å². The molecule has 0 aromatic heterocycles. The zero-order valence-electron chi connectivity index (χ0n) is 15.0. The summed E-state index contributed by atoms with van der Waals surface area (Å²) in [5, 5.41) is 19.5. The molecule has 2 N–H and O–H groups in total. The van der Waals surface area contributed by atoms with Gasteiger partial charge < -0.3 is 5.11 Å². The second-order valence-corrected chi connectivity index (χ2v) is 6.62. The van der Waals surface area contributed by atoms with Crippen molar-refractivity contribution in [3.63, 3.8) is 0 Å². The van der Waals surface area contributed by atoms with Gasteiger partial charge in [-0.1, -0.05) is 66.7 Å². The zero-order valence-corrected chi connectivity index (χ0v) is 15.0. The van der Waals surface area contributed by atoms with E-state index in [4.69, 9.17) is 0 Å². The minimum atomic E-state index is -1.01. The Balaban J connectivity index is 1.70. The van der Waals surface area contributed by atoms with Crippen molar-refractivity contribution < 1.29 is 19.9 Å². The summed E-state index contributed by atoms with van der Waals surface area (Å²) in [5.41, 5.74) is 3.05. The van der Waals surface area contributed by atoms with Crippen LogP contribution in [0.3, 0.4) is 0 Å². The fraction of sp³-hybridized carbons (Fsp3) is 0.238. The van der Waals surface area contributed by atoms with Gasteiger partial charge in [-0.05, 0) is 23.6 Å². The number of carbonyl (C=O) groups excluding carboxylic acids is 2. The zero-order chi connectivity index (χ0) is 19.4. The minimum absolute atomic E-state index is 0.103. The van der Waals surface area contributed by atoms with Crippen molar-refractivity contribution >= 4 is 24.0 Å². The lowest BCUT2D eigenvalue weighted by Gasteiger charge is -2.37. The van der Waals surface area contributed by atoms with E-state index in [9.17, 15) is 19.9 Å². The molecule has 1 saturated heterocycles. The number of carbonyl (C=O) groups is 2. The van der Waals surface area contributed by atoms with Crippen molar-refractivity contribution in [2.75, 3.05) is 6.54 Å². The number of rotatable bonds is 5. The van der Waals surface area contributed by atoms with E-state index in [0.29, 0.717) is 6.54 Å². The fourth-order valence-corrected chi connectivity index (χ4v) is 3.13. The number of imide groups is 1. The van der Waals surface area contributed by atoms with Gasteiger partial charge in [0.05, 0.1) is 12.6 Å². The van der Waals surface area contributed by atoms with E-state index in [1.165, 1.54) is 6.92 Å². The Bertz CT molecular complexity index is 831. The number of piperazine rings is 1. The molecule has 2 aromatic rings. The molecule has 0 spiro atoms. The average Bonchev–Trinajstić information content (AvgIpc) is 2.66. The molecule has 1 aliphatic heterocycles. The number of hydrogen-bond donors (Lipinski definition) is 2. The molecule has 6 nitrogen and oxygen atoms in total. The summed E-state index contributed by atoms with van der Waals surface area (Å²) in [6.45, 7) is 1.66. The molecule has 0 aliphatic carbocycles. The van der Waals surface area contributed by atoms with E-state index in [1.807, 2.05) is 66.7 Å². The van der Waals surface area contributed by atoms with Crippen LogP contribution in [0.4, 0.5) is 0 Å². The highest BCUT2D eigenvalue weighted by Gasteiger charge is 2.41. The van der Waals surface area contributed by atoms with Gasteiger partial charge in [-0.15, -0.1) is 0 Å². The van der Waals surface area contributed by atoms with Gasteiger partial charge in [-0.2, -0.15) is 5.06 Å². The highest BCUT2D eigenvalue weighted by atomic mass is 16.5. The number of nitrogens with zero attached hydrogens (tertiary/aromatic N) is 2. The van der Waals surface area contributed by atoms with Crippen molar-refractivity contribution in [2.24, 2.45) is 0 Å². The SMILES string of the molecule is CC(O)[C@H]1C(=O)N(O)C(=O)CN1Cc1ccc(/C=C/c2ccccc2)cc1. The molecule has 0 bridgehead atoms. The highest BCUT2D eigenvalue weighted by Crippen LogP contribution is 2.19. The number of benzene rings is 2. The molecule has 3 rings (SSSR count). The third-order valence-electron chi connectivity index (χ3n) is 4.52. The van der Waals surface area contributed by atoms with Crippen molar-refractivity contribution in [3.8, 4) is 0 Å². The fourth-order valence-electron chi connectivity index (χ4n) is 3.13. The monoisotopic (exact) mass is 366 g/mol. The standard InChI is InChI=1S/C21H22N2O4/c1-15(24)20-21(26)23(27)19(25)14-22(20)13-18-11-9-17(10-12-18)8-7-16-5-3-2-4-6-16/h2-12,15,20,24,27H,13-14H2,1H3/b8-7+/t15?,20-/m0/s1. The maximum absolute atomic E-state index is 12.1. The summed E-state index contributed by atoms with van der Waals surface area (Å²) in [4.78, 5) is 25.4. The molecule has 1 aliphatic rings. The number of amides is 2. The van der Waals surface area contributed by atoms with Crippen LogP contribution >= 0.6 is 0 Å². The summed E-state index contributed by atoms with van der Waals surface area (Å²) in [6.07, 6.45) is 3.03. The molecule has 140 valence electrons. The number of hydroxylamine groups is 2. The van der Waals surface area contributed by atoms with Crippen molar-refractivity contribution in [2.45, 2.75) is 25.6 Å². The molecule has 2 aromatic carbocycles. The van der Waals surface area contributed by atoms with Gasteiger partial charge in [0.25, 0.3) is 11.8 Å². The Morgan fingerprint density at radius 1 is 1.04 bits per heavy atom. The van der Waals surface area contributed by atoms with Crippen molar-refractivity contribution in [1.29, 1.82) is 0 Å². The largest absolute Gasteiger partial charge is 0.391 e. The molecule has 6 heteroatoms. The van der Waals surface area contributed by atoms with Crippen LogP contribution in [0.2, 0.25) is 0 Å². The lowest BCUT2D eigenvalue weighted by atomic mass is 10.0. The number of hydrogen-bond acceptors (Lipinski definition) is 5. The van der Waals surface area contributed by atoms with Gasteiger partial charge in [-0.25, -0.2) is 0 Å². The number of aliphatic hydroxyl groups excluding tert-OH is 1. The Labute approximate surface area is 157 Å². The maximum Gasteiger partial charge on any atom is 0.273 e. The van der Waals surface area contributed by atoms with Crippen molar-refractivity contribution in [3.05, 3.63) is 71.3 Å². The third kappa shape index (κ3) is 4.49. The molecule has 2 atom stereocenters. The van der Waals surface area contributed by atoms with Crippen LogP contribution < -0.4 is 0 Å². The maximum atomic E-state index is 12.1. The summed E-state index contributed by atoms with van der Waals surface area (Å²) in [6, 6.07) is 16.8. The van der Waals surface area contributed by atoms with E-state index in [2.05, 4.69) is 0 Å². The lowest BCUT2D eigenvalue weighted by molar-refractivity contribution is -0.195. The van der Waals surface area contributed by atoms with Crippen LogP contribution in [0.5, 0.6) is 0 Å². The van der Waals surface area contributed by atoms with Crippen molar-refractivity contribution in [1.82, 2.24) is 9.96 Å². The smallest absolute Gasteiger partial charge is 0.273 e. The molecule has 0 saturated carbocycles. The van der Waals surface area contributed by atoms with E-state index < -0.39 is 24.0 Å². The van der Waals surface area contributed by atoms with Crippen LogP contribution in [0.15, 0.2) is 54.6 Å². The summed E-state index contributed by atoms with van der Waals surface area (Å²) in [7, 11) is 0. The molecule has 1 unspecified atom stereocenters. The van der Waals surface area contributed by atoms with Crippen LogP contribution in [0.25, 0.3) is 12.2 Å². The topological polar surface area (TPSA) is 81.1 Å². The van der Waals surface area contributed by atoms with Crippen LogP contribution in [0.1, 0.15) is 23.6 Å². The first-order valence-corrected chi connectivity index (χ1v) is 8.75. The van der Waals surface area contributed by atoms with Gasteiger partial charge in [0.1, 0.15) is 6.04 Å². The van der Waals surface area contributed by atoms with Gasteiger partial charge in [-0.3, -0.25) is 19.7 Å². The third-order valence-corrected chi connectivity index (χ3v) is 4.52. The van der Waals surface area contributed by atoms with Gasteiger partial charge >= 0.3 is 0 Å². The predicted octanol–water partition coefficient (Wildman–Crippen LogP) is 2.17. The molecule has 0 radical (unpaired) electrons. The first-order valence-electron chi connectivity index (χ1n) is 8.75. The second-order valence-electron chi connectivity index (χ2n) is 6.62. The molecule has 2 amide bonds. The molecular formula is C21H22N2O4. The summed E-state index contributed by atoms with van der Waals surface area (Å²) < 4.78 is 0. The Morgan fingerprint density at radius 3 is 2.22 bits per heavy atom. The van der Waals surface area contributed by atoms with Crippen LogP contribution in [0, 0.1) is 0 Å². The number of aliphatic hydroxyl groups is 1. The molecule has 27 heavy (non-hydrogen) atoms. The van der Waals surface area contributed by atoms with E-state index in [0.717, 1.165) is 16.7 Å². The van der Waals surface area contributed by atoms with Gasteiger partial charge in [0.15, 0.2) is 0 Å². The Hall–Kier alpha value is -2.80. The summed E-state index contributed by atoms with van der Waals surface area (Å²) in [5.74, 6) is -1.50. The Morgan fingerprint density at radius 2 is 1.63 bits per heavy atom. The normalized spacial score (nSPS) is 19.7. The molecule has 1 heterocycles. The average molecular weight is 366 g/mol. The van der Waals surface area contributed by atoms with Gasteiger partial charge in [0, 0.05) is 6.54 Å². The molecule has 1 fully saturated rings. The lowest BCUT2D eigenvalue weighted by Crippen LogP contribution is -2.61. The Kier molecular flexibility index (Phi) is 5.81. The minimum Gasteiger partial charge on any atom is -0.391 e. The highest BCUT2D eigenvalue weighted by molar-refractivity contribution is 6.00. The van der Waals surface area contributed by atoms with Crippen LogP contribution in [-0.4, -0.2) is 50.8 Å².